The van der Waals surface area contributed by atoms with Gasteiger partial charge in [-0.2, -0.15) is 0 Å². The Morgan fingerprint density at radius 3 is 1.59 bits per heavy atom. The van der Waals surface area contributed by atoms with E-state index in [9.17, 15) is 0 Å². The maximum absolute atomic E-state index is 5.07. The molecule has 1 aromatic heterocycles. The van der Waals surface area contributed by atoms with Crippen molar-refractivity contribution in [2.45, 2.75) is 37.5 Å². The molecule has 0 saturated heterocycles. The fourth-order valence-corrected chi connectivity index (χ4v) is 7.37. The van der Waals surface area contributed by atoms with E-state index in [-0.39, 0.29) is 5.41 Å². The van der Waals surface area contributed by atoms with Crippen LogP contribution in [0.3, 0.4) is 0 Å². The Morgan fingerprint density at radius 1 is 0.413 bits per heavy atom. The third-order valence-electron chi connectivity index (χ3n) is 9.81. The van der Waals surface area contributed by atoms with Crippen molar-refractivity contribution in [3.8, 4) is 45.0 Å². The summed E-state index contributed by atoms with van der Waals surface area (Å²) in [4.78, 5) is 10.0. The van der Waals surface area contributed by atoms with Gasteiger partial charge in [-0.15, -0.1) is 0 Å². The summed E-state index contributed by atoms with van der Waals surface area (Å²) >= 11 is 0. The van der Waals surface area contributed by atoms with Crippen molar-refractivity contribution in [1.29, 1.82) is 0 Å². The fraction of sp³-hybridized carbons (Fsp3) is 0.136. The van der Waals surface area contributed by atoms with Crippen molar-refractivity contribution >= 4 is 10.8 Å². The summed E-state index contributed by atoms with van der Waals surface area (Å²) in [5.41, 5.74) is 10.5. The molecule has 2 nitrogen and oxygen atoms in total. The Morgan fingerprint density at radius 2 is 0.935 bits per heavy atom. The van der Waals surface area contributed by atoms with Crippen LogP contribution in [0.2, 0.25) is 0 Å². The number of hydrogen-bond donors (Lipinski definition) is 0. The SMILES string of the molecule is c1ccc(-c2cc(-c3ccc(C4(c5ccc(-c6cccc7ccccc67)cc5)CCCCC4)cc3)nc(-c3ccccc3)n2)cc1. The maximum atomic E-state index is 5.07. The number of rotatable bonds is 6. The predicted molar refractivity (Wildman–Crippen MR) is 192 cm³/mol. The van der Waals surface area contributed by atoms with Crippen LogP contribution in [-0.4, -0.2) is 9.97 Å². The molecule has 0 bridgehead atoms. The van der Waals surface area contributed by atoms with Crippen LogP contribution in [0.4, 0.5) is 0 Å². The lowest BCUT2D eigenvalue weighted by Crippen LogP contribution is -2.30. The summed E-state index contributed by atoms with van der Waals surface area (Å²) in [6.45, 7) is 0. The van der Waals surface area contributed by atoms with E-state index in [2.05, 4.69) is 133 Å². The number of fused-ring (bicyclic) bond motifs is 1. The van der Waals surface area contributed by atoms with Gasteiger partial charge in [0.15, 0.2) is 5.82 Å². The normalized spacial score (nSPS) is 14.3. The van der Waals surface area contributed by atoms with E-state index >= 15 is 0 Å². The van der Waals surface area contributed by atoms with Crippen LogP contribution in [0.15, 0.2) is 158 Å². The number of nitrogens with zero attached hydrogens (tertiary/aromatic N) is 2. The van der Waals surface area contributed by atoms with E-state index < -0.39 is 0 Å². The van der Waals surface area contributed by atoms with Gasteiger partial charge in [-0.05, 0) is 51.9 Å². The Kier molecular flexibility index (Phi) is 7.48. The monoisotopic (exact) mass is 592 g/mol. The van der Waals surface area contributed by atoms with E-state index in [1.807, 2.05) is 24.3 Å². The van der Waals surface area contributed by atoms with Crippen LogP contribution in [0.5, 0.6) is 0 Å². The van der Waals surface area contributed by atoms with Crippen LogP contribution < -0.4 is 0 Å². The summed E-state index contributed by atoms with van der Waals surface area (Å²) in [7, 11) is 0. The molecular weight excluding hydrogens is 556 g/mol. The molecule has 7 aromatic rings. The largest absolute Gasteiger partial charge is 0.228 e. The van der Waals surface area contributed by atoms with E-state index in [0.29, 0.717) is 0 Å². The van der Waals surface area contributed by atoms with Gasteiger partial charge in [0.1, 0.15) is 0 Å². The highest BCUT2D eigenvalue weighted by atomic mass is 14.9. The second kappa shape index (κ2) is 12.2. The number of hydrogen-bond acceptors (Lipinski definition) is 2. The molecule has 6 aromatic carbocycles. The summed E-state index contributed by atoms with van der Waals surface area (Å²) in [6, 6.07) is 56.7. The summed E-state index contributed by atoms with van der Waals surface area (Å²) in [5, 5.41) is 2.58. The van der Waals surface area contributed by atoms with Gasteiger partial charge in [0.2, 0.25) is 0 Å². The minimum absolute atomic E-state index is 0.0180. The van der Waals surface area contributed by atoms with Gasteiger partial charge in [-0.3, -0.25) is 0 Å². The number of aromatic nitrogens is 2. The summed E-state index contributed by atoms with van der Waals surface area (Å²) < 4.78 is 0. The van der Waals surface area contributed by atoms with Gasteiger partial charge in [0.25, 0.3) is 0 Å². The molecule has 0 amide bonds. The first-order valence-electron chi connectivity index (χ1n) is 16.5. The van der Waals surface area contributed by atoms with Crippen LogP contribution in [0, 0.1) is 0 Å². The molecule has 1 saturated carbocycles. The van der Waals surface area contributed by atoms with Gasteiger partial charge >= 0.3 is 0 Å². The molecule has 0 N–H and O–H groups in total. The molecule has 8 rings (SSSR count). The van der Waals surface area contributed by atoms with Gasteiger partial charge < -0.3 is 0 Å². The van der Waals surface area contributed by atoms with Crippen molar-refractivity contribution in [1.82, 2.24) is 9.97 Å². The number of benzene rings is 6. The predicted octanol–water partition coefficient (Wildman–Crippen LogP) is 11.5. The van der Waals surface area contributed by atoms with Crippen LogP contribution in [-0.2, 0) is 5.41 Å². The average molecular weight is 593 g/mol. The van der Waals surface area contributed by atoms with Crippen LogP contribution >= 0.6 is 0 Å². The van der Waals surface area contributed by atoms with Crippen molar-refractivity contribution in [3.63, 3.8) is 0 Å². The van der Waals surface area contributed by atoms with Crippen molar-refractivity contribution < 1.29 is 0 Å². The van der Waals surface area contributed by atoms with E-state index in [1.165, 1.54) is 65.1 Å². The third-order valence-corrected chi connectivity index (χ3v) is 9.81. The molecule has 222 valence electrons. The minimum atomic E-state index is 0.0180. The zero-order valence-electron chi connectivity index (χ0n) is 25.9. The van der Waals surface area contributed by atoms with E-state index in [0.717, 1.165) is 33.9 Å². The lowest BCUT2D eigenvalue weighted by molar-refractivity contribution is 0.346. The third kappa shape index (κ3) is 5.31. The highest BCUT2D eigenvalue weighted by Gasteiger charge is 2.35. The highest BCUT2D eigenvalue weighted by Crippen LogP contribution is 2.46. The van der Waals surface area contributed by atoms with Crippen molar-refractivity contribution in [2.24, 2.45) is 0 Å². The molecule has 2 heteroatoms. The lowest BCUT2D eigenvalue weighted by Gasteiger charge is -2.39. The molecule has 1 fully saturated rings. The van der Waals surface area contributed by atoms with Crippen LogP contribution in [0.1, 0.15) is 43.2 Å². The van der Waals surface area contributed by atoms with Crippen molar-refractivity contribution in [3.05, 3.63) is 169 Å². The first kappa shape index (κ1) is 28.2. The first-order valence-corrected chi connectivity index (χ1v) is 16.5. The Balaban J connectivity index is 1.16. The highest BCUT2D eigenvalue weighted by molar-refractivity contribution is 5.96. The Bertz CT molecular complexity index is 2030. The molecule has 0 aliphatic heterocycles. The zero-order chi connectivity index (χ0) is 30.8. The van der Waals surface area contributed by atoms with Crippen molar-refractivity contribution in [2.75, 3.05) is 0 Å². The van der Waals surface area contributed by atoms with E-state index in [1.54, 1.807) is 0 Å². The molecule has 0 radical (unpaired) electrons. The Hall–Kier alpha value is -5.34. The Labute approximate surface area is 271 Å². The second-order valence-electron chi connectivity index (χ2n) is 12.5. The molecule has 1 heterocycles. The first-order chi connectivity index (χ1) is 22.8. The molecule has 0 atom stereocenters. The van der Waals surface area contributed by atoms with Gasteiger partial charge in [-0.1, -0.05) is 171 Å². The fourth-order valence-electron chi connectivity index (χ4n) is 7.37. The molecule has 1 aliphatic rings. The topological polar surface area (TPSA) is 25.8 Å². The molecular formula is C44H36N2. The van der Waals surface area contributed by atoms with Gasteiger partial charge in [0, 0.05) is 22.1 Å². The van der Waals surface area contributed by atoms with E-state index in [4.69, 9.17) is 9.97 Å². The standard InChI is InChI=1S/C44H36N2/c1-4-14-34(15-5-1)41-31-42(46-43(45-41)36-16-6-2-7-17-36)35-23-27-38(28-24-35)44(29-10-3-11-30-44)37-25-21-33(22-26-37)40-20-12-18-32-13-8-9-19-39(32)40/h1-2,4-9,12-28,31H,3,10-11,29-30H2. The minimum Gasteiger partial charge on any atom is -0.228 e. The second-order valence-corrected chi connectivity index (χ2v) is 12.5. The van der Waals surface area contributed by atoms with Gasteiger partial charge in [0.05, 0.1) is 11.4 Å². The maximum Gasteiger partial charge on any atom is 0.160 e. The molecule has 0 unspecified atom stereocenters. The smallest absolute Gasteiger partial charge is 0.160 e. The summed E-state index contributed by atoms with van der Waals surface area (Å²) in [6.07, 6.45) is 6.14. The van der Waals surface area contributed by atoms with Crippen LogP contribution in [0.25, 0.3) is 55.8 Å². The van der Waals surface area contributed by atoms with Gasteiger partial charge in [-0.25, -0.2) is 9.97 Å². The lowest BCUT2D eigenvalue weighted by atomic mass is 9.65. The quantitative estimate of drug-likeness (QED) is 0.192. The zero-order valence-corrected chi connectivity index (χ0v) is 25.9. The summed E-state index contributed by atoms with van der Waals surface area (Å²) in [5.74, 6) is 0.746. The average Bonchev–Trinajstić information content (AvgIpc) is 3.15. The molecule has 46 heavy (non-hydrogen) atoms. The molecule has 0 spiro atoms. The molecule has 1 aliphatic carbocycles.